The van der Waals surface area contributed by atoms with Crippen LogP contribution in [0.15, 0.2) is 40.2 Å². The van der Waals surface area contributed by atoms with Gasteiger partial charge in [-0.25, -0.2) is 17.5 Å². The fourth-order valence-corrected chi connectivity index (χ4v) is 5.42. The highest BCUT2D eigenvalue weighted by atomic mass is 35.5. The van der Waals surface area contributed by atoms with Crippen LogP contribution in [0.4, 0.5) is 15.8 Å². The molecule has 2 aromatic rings. The maximum atomic E-state index is 13.6. The zero-order valence-electron chi connectivity index (χ0n) is 17.8. The number of rotatable bonds is 5. The Kier molecular flexibility index (Phi) is 8.04. The van der Waals surface area contributed by atoms with E-state index in [0.29, 0.717) is 0 Å². The van der Waals surface area contributed by atoms with E-state index in [4.69, 9.17) is 34.2 Å². The number of hydroxylamine groups is 2. The van der Waals surface area contributed by atoms with E-state index in [9.17, 15) is 27.9 Å². The van der Waals surface area contributed by atoms with Gasteiger partial charge >= 0.3 is 0 Å². The Morgan fingerprint density at radius 2 is 1.89 bits per heavy atom. The molecule has 0 aliphatic carbocycles. The first kappa shape index (κ1) is 26.5. The van der Waals surface area contributed by atoms with Crippen LogP contribution in [-0.2, 0) is 14.8 Å². The number of carbonyl (C=O) groups excluding carboxylic acids is 1. The lowest BCUT2D eigenvalue weighted by molar-refractivity contribution is -0.124. The molecule has 0 atom stereocenters. The lowest BCUT2D eigenvalue weighted by Gasteiger charge is -2.35. The highest BCUT2D eigenvalue weighted by molar-refractivity contribution is 7.90. The molecule has 0 aromatic heterocycles. The van der Waals surface area contributed by atoms with Crippen LogP contribution in [0.1, 0.15) is 12.8 Å². The molecule has 0 spiro atoms. The number of nitrogens with zero attached hydrogens (tertiary/aromatic N) is 4. The molecule has 1 saturated heterocycles. The first-order valence-electron chi connectivity index (χ1n) is 9.94. The zero-order valence-corrected chi connectivity index (χ0v) is 20.1. The molecule has 1 aliphatic heterocycles. The van der Waals surface area contributed by atoms with Gasteiger partial charge in [0.2, 0.25) is 18.1 Å². The second-order valence-corrected chi connectivity index (χ2v) is 9.85. The first-order chi connectivity index (χ1) is 16.5. The molecule has 0 unspecified atom stereocenters. The third-order valence-corrected chi connectivity index (χ3v) is 7.33. The summed E-state index contributed by atoms with van der Waals surface area (Å²) in [5.41, 5.74) is 5.49. The number of hydrogen-bond donors (Lipinski definition) is 3. The summed E-state index contributed by atoms with van der Waals surface area (Å²) >= 11 is 12.2. The van der Waals surface area contributed by atoms with Gasteiger partial charge in [-0.05, 0) is 56.3 Å². The number of guanidine groups is 1. The van der Waals surface area contributed by atoms with E-state index in [2.05, 4.69) is 4.99 Å². The average molecular weight is 544 g/mol. The monoisotopic (exact) mass is 543 g/mol. The van der Waals surface area contributed by atoms with E-state index >= 15 is 0 Å². The summed E-state index contributed by atoms with van der Waals surface area (Å²) in [7, 11) is -4.72. The number of aliphatic imine (C=N–C) groups is 1. The summed E-state index contributed by atoms with van der Waals surface area (Å²) in [4.78, 5) is 16.0. The Balaban J connectivity index is 2.08. The van der Waals surface area contributed by atoms with Crippen molar-refractivity contribution in [3.63, 3.8) is 0 Å². The van der Waals surface area contributed by atoms with Crippen molar-refractivity contribution in [3.05, 3.63) is 51.4 Å². The second kappa shape index (κ2) is 10.6. The topological polar surface area (TPSA) is 175 Å². The van der Waals surface area contributed by atoms with E-state index in [1.165, 1.54) is 18.3 Å². The summed E-state index contributed by atoms with van der Waals surface area (Å²) in [5, 5.41) is 31.4. The Hall–Kier alpha value is -3.15. The first-order valence-corrected chi connectivity index (χ1v) is 12.2. The lowest BCUT2D eigenvalue weighted by Crippen LogP contribution is -2.41. The maximum absolute atomic E-state index is 13.6. The average Bonchev–Trinajstić information content (AvgIpc) is 2.77. The number of nitrogens with one attached hydrogen (secondary N) is 1. The number of phenolic OH excluding ortho intramolecular Hbond substituents is 1. The Morgan fingerprint density at radius 3 is 2.49 bits per heavy atom. The fraction of sp³-hybridized carbons (Fsp3) is 0.250. The van der Waals surface area contributed by atoms with Crippen molar-refractivity contribution < 1.29 is 22.7 Å². The van der Waals surface area contributed by atoms with Crippen molar-refractivity contribution in [3.8, 4) is 11.9 Å². The van der Waals surface area contributed by atoms with Gasteiger partial charge in [-0.3, -0.25) is 9.69 Å². The number of carbonyl (C=O) groups is 1. The summed E-state index contributed by atoms with van der Waals surface area (Å²) in [6.07, 6.45) is 1.77. The van der Waals surface area contributed by atoms with Crippen LogP contribution in [0.5, 0.6) is 5.75 Å². The van der Waals surface area contributed by atoms with E-state index in [1.807, 2.05) is 4.72 Å². The molecule has 1 amide bonds. The van der Waals surface area contributed by atoms with Gasteiger partial charge in [0, 0.05) is 5.92 Å². The van der Waals surface area contributed by atoms with Gasteiger partial charge in [-0.2, -0.15) is 5.26 Å². The van der Waals surface area contributed by atoms with Crippen molar-refractivity contribution in [1.29, 1.82) is 5.26 Å². The number of aromatic hydroxyl groups is 1. The van der Waals surface area contributed by atoms with Crippen LogP contribution >= 0.6 is 23.2 Å². The van der Waals surface area contributed by atoms with E-state index < -0.39 is 49.3 Å². The molecular weight excluding hydrogens is 526 g/mol. The number of benzene rings is 2. The number of anilines is 2. The van der Waals surface area contributed by atoms with Gasteiger partial charge in [-0.1, -0.05) is 23.2 Å². The quantitative estimate of drug-likeness (QED) is 0.290. The van der Waals surface area contributed by atoms with Crippen LogP contribution < -0.4 is 15.4 Å². The third-order valence-electron chi connectivity index (χ3n) is 5.18. The molecule has 11 nitrogen and oxygen atoms in total. The molecule has 15 heteroatoms. The van der Waals surface area contributed by atoms with Gasteiger partial charge < -0.3 is 21.1 Å². The molecule has 186 valence electrons. The summed E-state index contributed by atoms with van der Waals surface area (Å²) in [6.45, 7) is 0.148. The van der Waals surface area contributed by atoms with Gasteiger partial charge in [0.05, 0.1) is 21.4 Å². The molecule has 2 aromatic carbocycles. The minimum atomic E-state index is -4.72. The van der Waals surface area contributed by atoms with Crippen LogP contribution in [0.3, 0.4) is 0 Å². The number of piperidine rings is 1. The van der Waals surface area contributed by atoms with Gasteiger partial charge in [0.15, 0.2) is 5.75 Å². The zero-order chi connectivity index (χ0) is 25.9. The number of amides is 1. The number of nitrogens with two attached hydrogens (primary N) is 1. The normalized spacial score (nSPS) is 15.5. The fourth-order valence-electron chi connectivity index (χ4n) is 3.50. The largest absolute Gasteiger partial charge is 0.785 e. The molecule has 3 rings (SSSR count). The highest BCUT2D eigenvalue weighted by Gasteiger charge is 2.32. The van der Waals surface area contributed by atoms with Crippen molar-refractivity contribution in [1.82, 2.24) is 9.79 Å². The maximum Gasteiger partial charge on any atom is 0.269 e. The molecule has 0 saturated carbocycles. The molecule has 4 N–H and O–H groups in total. The second-order valence-electron chi connectivity index (χ2n) is 7.42. The van der Waals surface area contributed by atoms with E-state index in [1.54, 1.807) is 0 Å². The predicted octanol–water partition coefficient (Wildman–Crippen LogP) is 2.79. The number of sulfonamides is 1. The lowest BCUT2D eigenvalue weighted by atomic mass is 9.97. The number of hydrogen-bond acceptors (Lipinski definition) is 8. The standard InChI is InChI=1S/C20H18Cl2FN6O5S/c21-13-2-4-16(29(20(25)26-10-24)15-3-1-12(23)9-14(15)22)17(30)18(13)35(33,34)27-19(31)11-5-7-28(32)8-6-11/h1-4,9,11,30H,5-8H2,(H2,25,26)(H,27,31)/q-1. The molecule has 0 bridgehead atoms. The summed E-state index contributed by atoms with van der Waals surface area (Å²) in [5.74, 6) is -3.75. The van der Waals surface area contributed by atoms with E-state index in [-0.39, 0.29) is 42.3 Å². The summed E-state index contributed by atoms with van der Waals surface area (Å²) in [6, 6.07) is 5.40. The van der Waals surface area contributed by atoms with Gasteiger partial charge in [0.1, 0.15) is 10.7 Å². The highest BCUT2D eigenvalue weighted by Crippen LogP contribution is 2.43. The van der Waals surface area contributed by atoms with Crippen LogP contribution in [-0.4, -0.2) is 43.5 Å². The molecule has 1 aliphatic rings. The molecule has 0 radical (unpaired) electrons. The van der Waals surface area contributed by atoms with Crippen LogP contribution in [0.25, 0.3) is 0 Å². The Labute approximate surface area is 209 Å². The SMILES string of the molecule is N#CN=C(N)N(c1ccc(F)cc1Cl)c1ccc(Cl)c(S(=O)(=O)NC(=O)C2CCN([O-])CC2)c1O. The van der Waals surface area contributed by atoms with Crippen LogP contribution in [0, 0.1) is 28.4 Å². The predicted molar refractivity (Wildman–Crippen MR) is 127 cm³/mol. The minimum Gasteiger partial charge on any atom is -0.785 e. The van der Waals surface area contributed by atoms with Crippen LogP contribution in [0.2, 0.25) is 10.0 Å². The molecular formula is C20H18Cl2FN6O5S-. The van der Waals surface area contributed by atoms with E-state index in [0.717, 1.165) is 28.2 Å². The minimum absolute atomic E-state index is 0.0426. The molecule has 35 heavy (non-hydrogen) atoms. The smallest absolute Gasteiger partial charge is 0.269 e. The number of phenols is 1. The summed E-state index contributed by atoms with van der Waals surface area (Å²) < 4.78 is 41.6. The van der Waals surface area contributed by atoms with Gasteiger partial charge in [0.25, 0.3) is 10.0 Å². The van der Waals surface area contributed by atoms with Crippen molar-refractivity contribution >= 4 is 56.5 Å². The molecule has 1 heterocycles. The van der Waals surface area contributed by atoms with Crippen molar-refractivity contribution in [2.24, 2.45) is 16.6 Å². The Bertz CT molecular complexity index is 1330. The van der Waals surface area contributed by atoms with Crippen molar-refractivity contribution in [2.75, 3.05) is 18.0 Å². The van der Waals surface area contributed by atoms with Gasteiger partial charge in [-0.15, -0.1) is 4.99 Å². The third kappa shape index (κ3) is 5.75. The van der Waals surface area contributed by atoms with Crippen molar-refractivity contribution in [2.45, 2.75) is 17.7 Å². The number of nitriles is 1. The number of halogens is 3. The Morgan fingerprint density at radius 1 is 1.26 bits per heavy atom. The molecule has 1 fully saturated rings.